The fourth-order valence-electron chi connectivity index (χ4n) is 3.11. The minimum absolute atomic E-state index is 0.322. The SMILES string of the molecule is CCC1CN(C(=O)CCC2CCCO2)C(CC)CN1. The third-order valence-corrected chi connectivity index (χ3v) is 4.49. The van der Waals surface area contributed by atoms with Crippen LogP contribution in [0.15, 0.2) is 0 Å². The van der Waals surface area contributed by atoms with E-state index in [1.807, 2.05) is 0 Å². The van der Waals surface area contributed by atoms with E-state index in [0.29, 0.717) is 30.5 Å². The summed E-state index contributed by atoms with van der Waals surface area (Å²) in [5, 5.41) is 3.53. The van der Waals surface area contributed by atoms with Crippen molar-refractivity contribution in [2.24, 2.45) is 0 Å². The molecule has 110 valence electrons. The van der Waals surface area contributed by atoms with Crippen LogP contribution in [0.25, 0.3) is 0 Å². The first kappa shape index (κ1) is 14.8. The molecule has 3 atom stereocenters. The van der Waals surface area contributed by atoms with E-state index in [4.69, 9.17) is 4.74 Å². The van der Waals surface area contributed by atoms with E-state index in [-0.39, 0.29) is 0 Å². The summed E-state index contributed by atoms with van der Waals surface area (Å²) in [6.07, 6.45) is 6.29. The topological polar surface area (TPSA) is 41.6 Å². The van der Waals surface area contributed by atoms with E-state index >= 15 is 0 Å². The van der Waals surface area contributed by atoms with Gasteiger partial charge in [0.1, 0.15) is 0 Å². The molecule has 2 saturated heterocycles. The fraction of sp³-hybridized carbons (Fsp3) is 0.933. The predicted molar refractivity (Wildman–Crippen MR) is 76.1 cm³/mol. The molecule has 0 aromatic heterocycles. The molecule has 1 N–H and O–H groups in total. The summed E-state index contributed by atoms with van der Waals surface area (Å²) < 4.78 is 5.60. The van der Waals surface area contributed by atoms with E-state index in [2.05, 4.69) is 24.1 Å². The smallest absolute Gasteiger partial charge is 0.223 e. The van der Waals surface area contributed by atoms with Crippen LogP contribution < -0.4 is 5.32 Å². The molecule has 0 bridgehead atoms. The van der Waals surface area contributed by atoms with Crippen LogP contribution in [0.2, 0.25) is 0 Å². The lowest BCUT2D eigenvalue weighted by Crippen LogP contribution is -2.57. The molecule has 4 nitrogen and oxygen atoms in total. The lowest BCUT2D eigenvalue weighted by atomic mass is 10.0. The van der Waals surface area contributed by atoms with Gasteiger partial charge >= 0.3 is 0 Å². The van der Waals surface area contributed by atoms with Crippen LogP contribution in [0.5, 0.6) is 0 Å². The second kappa shape index (κ2) is 7.25. The molecule has 0 aromatic carbocycles. The van der Waals surface area contributed by atoms with Gasteiger partial charge < -0.3 is 15.0 Å². The van der Waals surface area contributed by atoms with Crippen LogP contribution >= 0.6 is 0 Å². The summed E-state index contributed by atoms with van der Waals surface area (Å²) in [6, 6.07) is 0.842. The minimum atomic E-state index is 0.322. The number of hydrogen-bond donors (Lipinski definition) is 1. The summed E-state index contributed by atoms with van der Waals surface area (Å²) in [6.45, 7) is 7.04. The van der Waals surface area contributed by atoms with Gasteiger partial charge in [0.05, 0.1) is 6.10 Å². The van der Waals surface area contributed by atoms with E-state index in [0.717, 1.165) is 51.8 Å². The van der Waals surface area contributed by atoms with Crippen molar-refractivity contribution in [2.75, 3.05) is 19.7 Å². The molecule has 19 heavy (non-hydrogen) atoms. The Morgan fingerprint density at radius 3 is 2.84 bits per heavy atom. The Balaban J connectivity index is 1.83. The molecule has 2 aliphatic heterocycles. The number of rotatable bonds is 5. The van der Waals surface area contributed by atoms with Crippen molar-refractivity contribution in [2.45, 2.75) is 70.6 Å². The van der Waals surface area contributed by atoms with Crippen LogP contribution in [0.4, 0.5) is 0 Å². The van der Waals surface area contributed by atoms with E-state index in [9.17, 15) is 4.79 Å². The minimum Gasteiger partial charge on any atom is -0.378 e. The first-order chi connectivity index (χ1) is 9.24. The molecule has 0 aromatic rings. The Morgan fingerprint density at radius 1 is 1.37 bits per heavy atom. The zero-order chi connectivity index (χ0) is 13.7. The number of nitrogens with one attached hydrogen (secondary N) is 1. The third-order valence-electron chi connectivity index (χ3n) is 4.49. The van der Waals surface area contributed by atoms with Gasteiger partial charge in [0.15, 0.2) is 0 Å². The number of carbonyl (C=O) groups is 1. The summed E-state index contributed by atoms with van der Waals surface area (Å²) in [5.41, 5.74) is 0. The van der Waals surface area contributed by atoms with Crippen molar-refractivity contribution >= 4 is 5.91 Å². The molecule has 2 rings (SSSR count). The molecular weight excluding hydrogens is 240 g/mol. The van der Waals surface area contributed by atoms with Crippen molar-refractivity contribution in [3.63, 3.8) is 0 Å². The maximum absolute atomic E-state index is 12.4. The summed E-state index contributed by atoms with van der Waals surface area (Å²) in [4.78, 5) is 14.5. The quantitative estimate of drug-likeness (QED) is 0.828. The number of amides is 1. The number of hydrogen-bond acceptors (Lipinski definition) is 3. The Bertz CT molecular complexity index is 290. The largest absolute Gasteiger partial charge is 0.378 e. The van der Waals surface area contributed by atoms with Crippen LogP contribution in [0.1, 0.15) is 52.4 Å². The maximum Gasteiger partial charge on any atom is 0.223 e. The molecular formula is C15H28N2O2. The summed E-state index contributed by atoms with van der Waals surface area (Å²) in [7, 11) is 0. The molecule has 3 unspecified atom stereocenters. The van der Waals surface area contributed by atoms with Gasteiger partial charge in [-0.15, -0.1) is 0 Å². The van der Waals surface area contributed by atoms with Crippen LogP contribution in [0, 0.1) is 0 Å². The van der Waals surface area contributed by atoms with Crippen LogP contribution in [0.3, 0.4) is 0 Å². The first-order valence-electron chi connectivity index (χ1n) is 7.89. The highest BCUT2D eigenvalue weighted by atomic mass is 16.5. The highest BCUT2D eigenvalue weighted by Crippen LogP contribution is 2.19. The third kappa shape index (κ3) is 3.93. The standard InChI is InChI=1S/C15H28N2O2/c1-3-12-11-17(13(4-2)10-16-12)15(18)8-7-14-6-5-9-19-14/h12-14,16H,3-11H2,1-2H3. The summed E-state index contributed by atoms with van der Waals surface area (Å²) >= 11 is 0. The molecule has 2 fully saturated rings. The van der Waals surface area contributed by atoms with Crippen molar-refractivity contribution < 1.29 is 9.53 Å². The molecule has 0 saturated carbocycles. The highest BCUT2D eigenvalue weighted by Gasteiger charge is 2.29. The molecule has 0 aliphatic carbocycles. The van der Waals surface area contributed by atoms with Gasteiger partial charge in [-0.2, -0.15) is 0 Å². The zero-order valence-corrected chi connectivity index (χ0v) is 12.4. The first-order valence-corrected chi connectivity index (χ1v) is 7.89. The van der Waals surface area contributed by atoms with E-state index in [1.165, 1.54) is 0 Å². The van der Waals surface area contributed by atoms with Crippen molar-refractivity contribution in [3.05, 3.63) is 0 Å². The average Bonchev–Trinajstić information content (AvgIpc) is 2.97. The Hall–Kier alpha value is -0.610. The molecule has 2 heterocycles. The van der Waals surface area contributed by atoms with Crippen molar-refractivity contribution in [1.29, 1.82) is 0 Å². The molecule has 1 amide bonds. The maximum atomic E-state index is 12.4. The van der Waals surface area contributed by atoms with Gasteiger partial charge in [-0.1, -0.05) is 13.8 Å². The zero-order valence-electron chi connectivity index (χ0n) is 12.4. The molecule has 4 heteroatoms. The Labute approximate surface area is 116 Å². The van der Waals surface area contributed by atoms with Crippen molar-refractivity contribution in [1.82, 2.24) is 10.2 Å². The average molecular weight is 268 g/mol. The van der Waals surface area contributed by atoms with Crippen LogP contribution in [-0.4, -0.2) is 48.7 Å². The normalized spacial score (nSPS) is 31.7. The Kier molecular flexibility index (Phi) is 5.64. The monoisotopic (exact) mass is 268 g/mol. The van der Waals surface area contributed by atoms with Gasteiger partial charge in [-0.25, -0.2) is 0 Å². The van der Waals surface area contributed by atoms with E-state index in [1.54, 1.807) is 0 Å². The molecule has 2 aliphatic rings. The number of carbonyl (C=O) groups excluding carboxylic acids is 1. The lowest BCUT2D eigenvalue weighted by molar-refractivity contribution is -0.136. The van der Waals surface area contributed by atoms with Crippen LogP contribution in [-0.2, 0) is 9.53 Å². The number of piperazine rings is 1. The van der Waals surface area contributed by atoms with Gasteiger partial charge in [0.25, 0.3) is 0 Å². The van der Waals surface area contributed by atoms with E-state index < -0.39 is 0 Å². The second-order valence-electron chi connectivity index (χ2n) is 5.80. The van der Waals surface area contributed by atoms with Gasteiger partial charge in [0.2, 0.25) is 5.91 Å². The van der Waals surface area contributed by atoms with Gasteiger partial charge in [0, 0.05) is 38.2 Å². The molecule has 0 radical (unpaired) electrons. The molecule has 0 spiro atoms. The number of ether oxygens (including phenoxy) is 1. The fourth-order valence-corrected chi connectivity index (χ4v) is 3.11. The Morgan fingerprint density at radius 2 is 2.21 bits per heavy atom. The summed E-state index contributed by atoms with van der Waals surface area (Å²) in [5.74, 6) is 0.322. The second-order valence-corrected chi connectivity index (χ2v) is 5.80. The predicted octanol–water partition coefficient (Wildman–Crippen LogP) is 1.93. The van der Waals surface area contributed by atoms with Gasteiger partial charge in [-0.3, -0.25) is 4.79 Å². The lowest BCUT2D eigenvalue weighted by Gasteiger charge is -2.40. The highest BCUT2D eigenvalue weighted by molar-refractivity contribution is 5.76. The van der Waals surface area contributed by atoms with Crippen molar-refractivity contribution in [3.8, 4) is 0 Å². The van der Waals surface area contributed by atoms with Gasteiger partial charge in [-0.05, 0) is 32.1 Å². The number of nitrogens with zero attached hydrogens (tertiary/aromatic N) is 1.